The van der Waals surface area contributed by atoms with Crippen molar-refractivity contribution in [3.63, 3.8) is 0 Å². The average Bonchev–Trinajstić information content (AvgIpc) is 2.59. The normalized spacial score (nSPS) is 15.1. The van der Waals surface area contributed by atoms with Crippen molar-refractivity contribution in [1.82, 2.24) is 0 Å². The molecule has 15 heavy (non-hydrogen) atoms. The van der Waals surface area contributed by atoms with E-state index in [0.717, 1.165) is 10.5 Å². The molecule has 1 aromatic rings. The van der Waals surface area contributed by atoms with Crippen molar-refractivity contribution in [3.05, 3.63) is 42.0 Å². The van der Waals surface area contributed by atoms with E-state index in [2.05, 4.69) is 0 Å². The van der Waals surface area contributed by atoms with Crippen LogP contribution >= 0.6 is 0 Å². The molecule has 0 atom stereocenters. The minimum atomic E-state index is -0.336. The summed E-state index contributed by atoms with van der Waals surface area (Å²) in [5.41, 5.74) is 1.26. The van der Waals surface area contributed by atoms with Crippen LogP contribution < -0.4 is 4.90 Å². The predicted octanol–water partition coefficient (Wildman–Crippen LogP) is 0.608. The lowest BCUT2D eigenvalue weighted by molar-refractivity contribution is -0.119. The fourth-order valence-corrected chi connectivity index (χ4v) is 1.41. The summed E-state index contributed by atoms with van der Waals surface area (Å²) in [4.78, 5) is 23.7. The second-order valence-corrected chi connectivity index (χ2v) is 3.17. The van der Waals surface area contributed by atoms with Gasteiger partial charge in [-0.2, -0.15) is 0 Å². The summed E-state index contributed by atoms with van der Waals surface area (Å²) in [6, 6.07) is 6.62. The van der Waals surface area contributed by atoms with Gasteiger partial charge in [-0.15, -0.1) is 0 Å². The number of nitrogens with zero attached hydrogens (tertiary/aromatic N) is 1. The molecule has 2 rings (SSSR count). The highest BCUT2D eigenvalue weighted by atomic mass is 16.3. The third-order valence-electron chi connectivity index (χ3n) is 2.19. The van der Waals surface area contributed by atoms with E-state index >= 15 is 0 Å². The monoisotopic (exact) mass is 203 g/mol. The van der Waals surface area contributed by atoms with Gasteiger partial charge in [-0.1, -0.05) is 12.1 Å². The molecule has 4 nitrogen and oxygen atoms in total. The molecule has 4 heteroatoms. The molecule has 0 aromatic heterocycles. The molecule has 1 aliphatic heterocycles. The van der Waals surface area contributed by atoms with Gasteiger partial charge < -0.3 is 5.11 Å². The minimum absolute atomic E-state index is 0.0551. The molecule has 0 saturated heterocycles. The van der Waals surface area contributed by atoms with Gasteiger partial charge in [-0.3, -0.25) is 9.59 Å². The topological polar surface area (TPSA) is 57.6 Å². The summed E-state index contributed by atoms with van der Waals surface area (Å²) in [6.45, 7) is -0.0551. The van der Waals surface area contributed by atoms with E-state index in [1.54, 1.807) is 24.3 Å². The Balaban J connectivity index is 2.30. The van der Waals surface area contributed by atoms with Gasteiger partial charge in [-0.25, -0.2) is 4.90 Å². The Bertz CT molecular complexity index is 416. The zero-order chi connectivity index (χ0) is 10.8. The van der Waals surface area contributed by atoms with Gasteiger partial charge in [0.2, 0.25) is 0 Å². The van der Waals surface area contributed by atoms with Crippen LogP contribution in [0.25, 0.3) is 0 Å². The van der Waals surface area contributed by atoms with E-state index in [1.165, 1.54) is 12.2 Å². The number of carbonyl (C=O) groups excluding carboxylic acids is 2. The molecule has 0 saturated carbocycles. The van der Waals surface area contributed by atoms with Gasteiger partial charge in [0, 0.05) is 12.2 Å². The number of hydrogen-bond acceptors (Lipinski definition) is 3. The van der Waals surface area contributed by atoms with Crippen LogP contribution in [-0.4, -0.2) is 16.9 Å². The van der Waals surface area contributed by atoms with E-state index in [-0.39, 0.29) is 18.4 Å². The quantitative estimate of drug-likeness (QED) is 0.716. The SMILES string of the molecule is O=C1C=CC(=O)N1c1ccc(CO)cc1. The zero-order valence-corrected chi connectivity index (χ0v) is 7.88. The Morgan fingerprint density at radius 1 is 1.00 bits per heavy atom. The van der Waals surface area contributed by atoms with Crippen molar-refractivity contribution in [2.24, 2.45) is 0 Å². The smallest absolute Gasteiger partial charge is 0.258 e. The van der Waals surface area contributed by atoms with Gasteiger partial charge in [0.25, 0.3) is 11.8 Å². The number of carbonyl (C=O) groups is 2. The van der Waals surface area contributed by atoms with Crippen molar-refractivity contribution in [1.29, 1.82) is 0 Å². The van der Waals surface area contributed by atoms with E-state index < -0.39 is 0 Å². The summed E-state index contributed by atoms with van der Waals surface area (Å²) in [5, 5.41) is 8.84. The molecule has 0 bridgehead atoms. The summed E-state index contributed by atoms with van der Waals surface area (Å²) >= 11 is 0. The molecule has 1 aliphatic rings. The average molecular weight is 203 g/mol. The molecule has 0 fully saturated rings. The number of benzene rings is 1. The van der Waals surface area contributed by atoms with Crippen molar-refractivity contribution in [2.75, 3.05) is 4.90 Å². The molecular weight excluding hydrogens is 194 g/mol. The minimum Gasteiger partial charge on any atom is -0.392 e. The van der Waals surface area contributed by atoms with Gasteiger partial charge in [0.1, 0.15) is 0 Å². The van der Waals surface area contributed by atoms with Crippen molar-refractivity contribution in [3.8, 4) is 0 Å². The molecule has 0 aliphatic carbocycles. The Hall–Kier alpha value is -1.94. The lowest BCUT2D eigenvalue weighted by Gasteiger charge is -2.13. The Morgan fingerprint density at radius 3 is 2.00 bits per heavy atom. The summed E-state index contributed by atoms with van der Waals surface area (Å²) in [6.07, 6.45) is 2.48. The first kappa shape index (κ1) is 9.61. The predicted molar refractivity (Wildman–Crippen MR) is 54.0 cm³/mol. The lowest BCUT2D eigenvalue weighted by Crippen LogP contribution is -2.29. The molecule has 2 amide bonds. The second-order valence-electron chi connectivity index (χ2n) is 3.17. The maximum absolute atomic E-state index is 11.3. The Kier molecular flexibility index (Phi) is 2.35. The molecule has 76 valence electrons. The highest BCUT2D eigenvalue weighted by molar-refractivity contribution is 6.28. The first-order valence-electron chi connectivity index (χ1n) is 4.48. The molecular formula is C11H9NO3. The fourth-order valence-electron chi connectivity index (χ4n) is 1.41. The standard InChI is InChI=1S/C11H9NO3/c13-7-8-1-3-9(4-2-8)12-10(14)5-6-11(12)15/h1-6,13H,7H2. The summed E-state index contributed by atoms with van der Waals surface area (Å²) < 4.78 is 0. The number of amides is 2. The molecule has 0 radical (unpaired) electrons. The van der Waals surface area contributed by atoms with Gasteiger partial charge in [0.05, 0.1) is 12.3 Å². The fraction of sp³-hybridized carbons (Fsp3) is 0.0909. The van der Waals surface area contributed by atoms with Crippen LogP contribution in [0.5, 0.6) is 0 Å². The van der Waals surface area contributed by atoms with E-state index in [4.69, 9.17) is 5.11 Å². The summed E-state index contributed by atoms with van der Waals surface area (Å²) in [7, 11) is 0. The van der Waals surface area contributed by atoms with Gasteiger partial charge >= 0.3 is 0 Å². The number of imide groups is 1. The van der Waals surface area contributed by atoms with Gasteiger partial charge in [-0.05, 0) is 17.7 Å². The van der Waals surface area contributed by atoms with Crippen molar-refractivity contribution in [2.45, 2.75) is 6.61 Å². The van der Waals surface area contributed by atoms with Crippen molar-refractivity contribution >= 4 is 17.5 Å². The highest BCUT2D eigenvalue weighted by Gasteiger charge is 2.24. The third kappa shape index (κ3) is 1.67. The molecule has 1 aromatic carbocycles. The summed E-state index contributed by atoms with van der Waals surface area (Å²) in [5.74, 6) is -0.673. The Morgan fingerprint density at radius 2 is 1.53 bits per heavy atom. The first-order chi connectivity index (χ1) is 7.22. The van der Waals surface area contributed by atoms with Crippen LogP contribution in [0.4, 0.5) is 5.69 Å². The number of anilines is 1. The highest BCUT2D eigenvalue weighted by Crippen LogP contribution is 2.19. The first-order valence-corrected chi connectivity index (χ1v) is 4.48. The molecule has 1 N–H and O–H groups in total. The third-order valence-corrected chi connectivity index (χ3v) is 2.19. The van der Waals surface area contributed by atoms with Crippen LogP contribution in [-0.2, 0) is 16.2 Å². The molecule has 1 heterocycles. The Labute approximate surface area is 86.4 Å². The maximum atomic E-state index is 11.3. The number of rotatable bonds is 2. The zero-order valence-electron chi connectivity index (χ0n) is 7.88. The van der Waals surface area contributed by atoms with Crippen LogP contribution in [0.2, 0.25) is 0 Å². The number of hydrogen-bond donors (Lipinski definition) is 1. The van der Waals surface area contributed by atoms with Crippen LogP contribution in [0, 0.1) is 0 Å². The van der Waals surface area contributed by atoms with Crippen LogP contribution in [0.3, 0.4) is 0 Å². The second kappa shape index (κ2) is 3.67. The van der Waals surface area contributed by atoms with Crippen molar-refractivity contribution < 1.29 is 14.7 Å². The van der Waals surface area contributed by atoms with Gasteiger partial charge in [0.15, 0.2) is 0 Å². The molecule has 0 unspecified atom stereocenters. The van der Waals surface area contributed by atoms with Crippen LogP contribution in [0.15, 0.2) is 36.4 Å². The van der Waals surface area contributed by atoms with E-state index in [0.29, 0.717) is 5.69 Å². The maximum Gasteiger partial charge on any atom is 0.258 e. The lowest BCUT2D eigenvalue weighted by atomic mass is 10.2. The number of aliphatic hydroxyl groups excluding tert-OH is 1. The van der Waals surface area contributed by atoms with E-state index in [9.17, 15) is 9.59 Å². The molecule has 0 spiro atoms. The van der Waals surface area contributed by atoms with Crippen LogP contribution in [0.1, 0.15) is 5.56 Å². The largest absolute Gasteiger partial charge is 0.392 e. The number of aliphatic hydroxyl groups is 1. The van der Waals surface area contributed by atoms with E-state index in [1.807, 2.05) is 0 Å².